The Kier molecular flexibility index (Phi) is 5.62. The van der Waals surface area contributed by atoms with Gasteiger partial charge in [-0.1, -0.05) is 36.3 Å². The summed E-state index contributed by atoms with van der Waals surface area (Å²) in [7, 11) is 0. The minimum atomic E-state index is -0.587. The molecule has 1 rings (SSSR count). The summed E-state index contributed by atoms with van der Waals surface area (Å²) in [5, 5.41) is 11.4. The molecule has 4 nitrogen and oxygen atoms in total. The fraction of sp³-hybridized carbons (Fsp3) is 0.308. The smallest absolute Gasteiger partial charge is 0.408 e. The Hall–Kier alpha value is -1.99. The van der Waals surface area contributed by atoms with E-state index >= 15 is 0 Å². The number of amides is 1. The fourth-order valence-electron chi connectivity index (χ4n) is 1.21. The zero-order valence-corrected chi connectivity index (χ0v) is 9.64. The van der Waals surface area contributed by atoms with Gasteiger partial charge in [-0.3, -0.25) is 0 Å². The highest BCUT2D eigenvalue weighted by Crippen LogP contribution is 2.00. The number of rotatable bonds is 4. The second kappa shape index (κ2) is 7.31. The van der Waals surface area contributed by atoms with Gasteiger partial charge in [-0.15, -0.1) is 5.92 Å². The predicted octanol–water partition coefficient (Wildman–Crippen LogP) is 1.30. The molecule has 0 unspecified atom stereocenters. The maximum atomic E-state index is 11.3. The third-order valence-corrected chi connectivity index (χ3v) is 2.01. The van der Waals surface area contributed by atoms with Crippen LogP contribution in [0.5, 0.6) is 0 Å². The Morgan fingerprint density at radius 3 is 2.76 bits per heavy atom. The van der Waals surface area contributed by atoms with Crippen molar-refractivity contribution in [2.75, 3.05) is 6.61 Å². The summed E-state index contributed by atoms with van der Waals surface area (Å²) in [6.07, 6.45) is -0.587. The van der Waals surface area contributed by atoms with Crippen molar-refractivity contribution in [2.24, 2.45) is 0 Å². The van der Waals surface area contributed by atoms with Crippen molar-refractivity contribution in [3.05, 3.63) is 35.9 Å². The Bertz CT molecular complexity index is 406. The SMILES string of the molecule is CC#C[C@H](CO)NC(=O)OCc1ccccc1. The van der Waals surface area contributed by atoms with E-state index in [1.807, 2.05) is 30.3 Å². The number of benzene rings is 1. The molecular weight excluding hydrogens is 218 g/mol. The number of nitrogens with one attached hydrogen (secondary N) is 1. The van der Waals surface area contributed by atoms with Crippen LogP contribution in [0.15, 0.2) is 30.3 Å². The van der Waals surface area contributed by atoms with Crippen molar-refractivity contribution >= 4 is 6.09 Å². The van der Waals surface area contributed by atoms with Gasteiger partial charge in [-0.05, 0) is 12.5 Å². The molecule has 0 aliphatic rings. The van der Waals surface area contributed by atoms with Crippen molar-refractivity contribution < 1.29 is 14.6 Å². The molecule has 1 amide bonds. The van der Waals surface area contributed by atoms with E-state index in [0.717, 1.165) is 5.56 Å². The van der Waals surface area contributed by atoms with Gasteiger partial charge in [0.2, 0.25) is 0 Å². The lowest BCUT2D eigenvalue weighted by atomic mass is 10.2. The topological polar surface area (TPSA) is 58.6 Å². The summed E-state index contributed by atoms with van der Waals surface area (Å²) in [4.78, 5) is 11.3. The second-order valence-corrected chi connectivity index (χ2v) is 3.34. The summed E-state index contributed by atoms with van der Waals surface area (Å²) in [5.41, 5.74) is 0.907. The van der Waals surface area contributed by atoms with Crippen LogP contribution in [0.25, 0.3) is 0 Å². The average Bonchev–Trinajstić information content (AvgIpc) is 2.37. The van der Waals surface area contributed by atoms with Crippen molar-refractivity contribution in [1.82, 2.24) is 5.32 Å². The van der Waals surface area contributed by atoms with Crippen molar-refractivity contribution in [2.45, 2.75) is 19.6 Å². The molecule has 0 aliphatic carbocycles. The molecule has 0 aromatic heterocycles. The van der Waals surface area contributed by atoms with E-state index in [0.29, 0.717) is 0 Å². The maximum Gasteiger partial charge on any atom is 0.408 e. The number of carbonyl (C=O) groups is 1. The van der Waals surface area contributed by atoms with E-state index in [1.165, 1.54) is 0 Å². The molecule has 1 aromatic rings. The van der Waals surface area contributed by atoms with Crippen LogP contribution in [-0.2, 0) is 11.3 Å². The first-order chi connectivity index (χ1) is 8.26. The Morgan fingerprint density at radius 2 is 2.18 bits per heavy atom. The van der Waals surface area contributed by atoms with E-state index in [1.54, 1.807) is 6.92 Å². The molecule has 0 saturated heterocycles. The normalized spacial score (nSPS) is 10.9. The number of ether oxygens (including phenoxy) is 1. The molecule has 1 atom stereocenters. The van der Waals surface area contributed by atoms with Crippen LogP contribution in [0.3, 0.4) is 0 Å². The highest BCUT2D eigenvalue weighted by atomic mass is 16.5. The Balaban J connectivity index is 2.36. The van der Waals surface area contributed by atoms with Crippen LogP contribution in [0.4, 0.5) is 4.79 Å². The zero-order valence-electron chi connectivity index (χ0n) is 9.64. The summed E-state index contributed by atoms with van der Waals surface area (Å²) in [6, 6.07) is 8.78. The Morgan fingerprint density at radius 1 is 1.47 bits per heavy atom. The van der Waals surface area contributed by atoms with E-state index in [4.69, 9.17) is 9.84 Å². The van der Waals surface area contributed by atoms with Crippen LogP contribution in [0.1, 0.15) is 12.5 Å². The zero-order chi connectivity index (χ0) is 12.5. The fourth-order valence-corrected chi connectivity index (χ4v) is 1.21. The summed E-state index contributed by atoms with van der Waals surface area (Å²) >= 11 is 0. The number of alkyl carbamates (subject to hydrolysis) is 1. The second-order valence-electron chi connectivity index (χ2n) is 3.34. The third-order valence-electron chi connectivity index (χ3n) is 2.01. The average molecular weight is 233 g/mol. The molecule has 1 aromatic carbocycles. The monoisotopic (exact) mass is 233 g/mol. The molecule has 0 radical (unpaired) electrons. The number of aliphatic hydroxyl groups is 1. The Labute approximate surface area is 101 Å². The summed E-state index contributed by atoms with van der Waals surface area (Å²) in [5.74, 6) is 5.27. The quantitative estimate of drug-likeness (QED) is 0.771. The lowest BCUT2D eigenvalue weighted by Crippen LogP contribution is -2.36. The number of hydrogen-bond acceptors (Lipinski definition) is 3. The van der Waals surface area contributed by atoms with E-state index in [2.05, 4.69) is 17.2 Å². The van der Waals surface area contributed by atoms with Crippen molar-refractivity contribution in [1.29, 1.82) is 0 Å². The molecule has 0 spiro atoms. The molecule has 17 heavy (non-hydrogen) atoms. The largest absolute Gasteiger partial charge is 0.445 e. The predicted molar refractivity (Wildman–Crippen MR) is 64.1 cm³/mol. The molecule has 4 heteroatoms. The first-order valence-corrected chi connectivity index (χ1v) is 5.26. The lowest BCUT2D eigenvalue weighted by molar-refractivity contribution is 0.133. The highest BCUT2D eigenvalue weighted by Gasteiger charge is 2.08. The molecule has 0 heterocycles. The standard InChI is InChI=1S/C13H15NO3/c1-2-6-12(9-15)14-13(16)17-10-11-7-4-3-5-8-11/h3-5,7-8,12,15H,9-10H2,1H3,(H,14,16)/t12-/m1/s1. The van der Waals surface area contributed by atoms with Gasteiger partial charge in [0.25, 0.3) is 0 Å². The molecule has 2 N–H and O–H groups in total. The van der Waals surface area contributed by atoms with Crippen molar-refractivity contribution in [3.8, 4) is 11.8 Å². The molecule has 90 valence electrons. The number of hydrogen-bond donors (Lipinski definition) is 2. The summed E-state index contributed by atoms with van der Waals surface area (Å²) < 4.78 is 4.98. The van der Waals surface area contributed by atoms with Gasteiger partial charge in [0, 0.05) is 0 Å². The minimum Gasteiger partial charge on any atom is -0.445 e. The van der Waals surface area contributed by atoms with Gasteiger partial charge < -0.3 is 15.2 Å². The summed E-state index contributed by atoms with van der Waals surface area (Å²) in [6.45, 7) is 1.60. The molecule has 0 bridgehead atoms. The van der Waals surface area contributed by atoms with Gasteiger partial charge in [0.05, 0.1) is 6.61 Å². The first-order valence-electron chi connectivity index (χ1n) is 5.26. The number of aliphatic hydroxyl groups excluding tert-OH is 1. The third kappa shape index (κ3) is 5.05. The van der Waals surface area contributed by atoms with Gasteiger partial charge in [-0.2, -0.15) is 0 Å². The first kappa shape index (κ1) is 13.1. The van der Waals surface area contributed by atoms with E-state index < -0.39 is 12.1 Å². The van der Waals surface area contributed by atoms with Gasteiger partial charge in [0.15, 0.2) is 0 Å². The van der Waals surface area contributed by atoms with Crippen LogP contribution < -0.4 is 5.32 Å². The number of carbonyl (C=O) groups excluding carboxylic acids is 1. The molecule has 0 aliphatic heterocycles. The lowest BCUT2D eigenvalue weighted by Gasteiger charge is -2.10. The highest BCUT2D eigenvalue weighted by molar-refractivity contribution is 5.68. The van der Waals surface area contributed by atoms with Gasteiger partial charge in [-0.25, -0.2) is 4.79 Å². The molecule has 0 fully saturated rings. The van der Waals surface area contributed by atoms with Crippen molar-refractivity contribution in [3.63, 3.8) is 0 Å². The van der Waals surface area contributed by atoms with E-state index in [9.17, 15) is 4.79 Å². The van der Waals surface area contributed by atoms with E-state index in [-0.39, 0.29) is 13.2 Å². The van der Waals surface area contributed by atoms with Crippen LogP contribution in [0.2, 0.25) is 0 Å². The molecular formula is C13H15NO3. The minimum absolute atomic E-state index is 0.199. The van der Waals surface area contributed by atoms with Crippen LogP contribution in [0, 0.1) is 11.8 Å². The maximum absolute atomic E-state index is 11.3. The molecule has 0 saturated carbocycles. The van der Waals surface area contributed by atoms with Gasteiger partial charge >= 0.3 is 6.09 Å². The van der Waals surface area contributed by atoms with Gasteiger partial charge in [0.1, 0.15) is 12.6 Å². The van der Waals surface area contributed by atoms with Crippen LogP contribution in [-0.4, -0.2) is 23.8 Å². The van der Waals surface area contributed by atoms with Crippen LogP contribution >= 0.6 is 0 Å².